The molecule has 0 unspecified atom stereocenters. The van der Waals surface area contributed by atoms with Gasteiger partial charge in [-0.2, -0.15) is 0 Å². The number of ether oxygens (including phenoxy) is 2. The molecule has 0 heterocycles. The van der Waals surface area contributed by atoms with Gasteiger partial charge in [0.15, 0.2) is 11.5 Å². The van der Waals surface area contributed by atoms with E-state index < -0.39 is 20.7 Å². The van der Waals surface area contributed by atoms with Crippen molar-refractivity contribution in [3.63, 3.8) is 0 Å². The minimum absolute atomic E-state index is 0.128. The van der Waals surface area contributed by atoms with Crippen LogP contribution in [0.25, 0.3) is 0 Å². The summed E-state index contributed by atoms with van der Waals surface area (Å²) in [6, 6.07) is 10.8. The Bertz CT molecular complexity index is 842. The van der Waals surface area contributed by atoms with Gasteiger partial charge in [0.05, 0.1) is 19.9 Å². The standard InChI is InChI=1S/C18H23FN2O4S/c1-20(2)10-11-21(14-8-6-5-7-9-14)26(22,23)18-13-17(25-4)16(24-3)12-15(18)19/h5-9,12-13H,10-11H2,1-4H3. The summed E-state index contributed by atoms with van der Waals surface area (Å²) in [5.41, 5.74) is 0.462. The Hall–Kier alpha value is -2.32. The van der Waals surface area contributed by atoms with Crippen LogP contribution in [-0.2, 0) is 10.0 Å². The molecule has 6 nitrogen and oxygen atoms in total. The van der Waals surface area contributed by atoms with Gasteiger partial charge in [-0.1, -0.05) is 18.2 Å². The molecule has 0 atom stereocenters. The monoisotopic (exact) mass is 382 g/mol. The third-order valence-corrected chi connectivity index (χ3v) is 5.64. The summed E-state index contributed by atoms with van der Waals surface area (Å²) >= 11 is 0. The molecule has 0 fully saturated rings. The third-order valence-electron chi connectivity index (χ3n) is 3.80. The molecular formula is C18H23FN2O4S. The van der Waals surface area contributed by atoms with Crippen LogP contribution in [0.4, 0.5) is 10.1 Å². The van der Waals surface area contributed by atoms with E-state index in [1.807, 2.05) is 19.0 Å². The molecule has 0 aromatic heterocycles. The normalized spacial score (nSPS) is 11.5. The van der Waals surface area contributed by atoms with Crippen LogP contribution in [0.3, 0.4) is 0 Å². The maximum Gasteiger partial charge on any atom is 0.267 e. The number of halogens is 1. The van der Waals surface area contributed by atoms with E-state index in [1.54, 1.807) is 30.3 Å². The molecule has 0 aliphatic carbocycles. The third kappa shape index (κ3) is 4.25. The maximum atomic E-state index is 14.6. The molecule has 2 rings (SSSR count). The van der Waals surface area contributed by atoms with Crippen molar-refractivity contribution in [3.8, 4) is 11.5 Å². The van der Waals surface area contributed by atoms with Crippen LogP contribution >= 0.6 is 0 Å². The highest BCUT2D eigenvalue weighted by atomic mass is 32.2. The highest BCUT2D eigenvalue weighted by Gasteiger charge is 2.29. The molecule has 0 bridgehead atoms. The van der Waals surface area contributed by atoms with E-state index in [9.17, 15) is 12.8 Å². The summed E-state index contributed by atoms with van der Waals surface area (Å²) in [5, 5.41) is 0. The average Bonchev–Trinajstić information content (AvgIpc) is 2.61. The summed E-state index contributed by atoms with van der Waals surface area (Å²) < 4.78 is 52.3. The SMILES string of the molecule is COc1cc(F)c(S(=O)(=O)N(CCN(C)C)c2ccccc2)cc1OC. The molecule has 0 N–H and O–H groups in total. The molecule has 0 radical (unpaired) electrons. The van der Waals surface area contributed by atoms with Crippen molar-refractivity contribution >= 4 is 15.7 Å². The Balaban J connectivity index is 2.56. The van der Waals surface area contributed by atoms with E-state index in [0.717, 1.165) is 12.1 Å². The van der Waals surface area contributed by atoms with E-state index >= 15 is 0 Å². The van der Waals surface area contributed by atoms with Crippen LogP contribution in [-0.4, -0.2) is 54.7 Å². The van der Waals surface area contributed by atoms with Crippen LogP contribution in [0.5, 0.6) is 11.5 Å². The van der Waals surface area contributed by atoms with Crippen LogP contribution in [0.2, 0.25) is 0 Å². The lowest BCUT2D eigenvalue weighted by molar-refractivity contribution is 0.350. The first kappa shape index (κ1) is 20.0. The summed E-state index contributed by atoms with van der Waals surface area (Å²) in [7, 11) is 2.27. The highest BCUT2D eigenvalue weighted by molar-refractivity contribution is 7.92. The zero-order valence-corrected chi connectivity index (χ0v) is 16.1. The quantitative estimate of drug-likeness (QED) is 0.702. The van der Waals surface area contributed by atoms with E-state index in [-0.39, 0.29) is 18.0 Å². The van der Waals surface area contributed by atoms with Gasteiger partial charge in [-0.05, 0) is 26.2 Å². The van der Waals surface area contributed by atoms with Crippen molar-refractivity contribution in [1.82, 2.24) is 4.90 Å². The summed E-state index contributed by atoms with van der Waals surface area (Å²) in [4.78, 5) is 1.40. The first-order valence-corrected chi connectivity index (χ1v) is 9.39. The number of para-hydroxylation sites is 1. The minimum atomic E-state index is -4.14. The van der Waals surface area contributed by atoms with Crippen molar-refractivity contribution < 1.29 is 22.3 Å². The van der Waals surface area contributed by atoms with Gasteiger partial charge < -0.3 is 14.4 Å². The Kier molecular flexibility index (Phi) is 6.44. The largest absolute Gasteiger partial charge is 0.493 e. The molecular weight excluding hydrogens is 359 g/mol. The number of hydrogen-bond acceptors (Lipinski definition) is 5. The fourth-order valence-electron chi connectivity index (χ4n) is 2.43. The summed E-state index contributed by atoms with van der Waals surface area (Å²) in [6.07, 6.45) is 0. The number of rotatable bonds is 8. The second-order valence-corrected chi connectivity index (χ2v) is 7.68. The van der Waals surface area contributed by atoms with Crippen LogP contribution in [0, 0.1) is 5.82 Å². The zero-order chi connectivity index (χ0) is 19.3. The molecule has 0 amide bonds. The van der Waals surface area contributed by atoms with Crippen LogP contribution < -0.4 is 13.8 Å². The number of hydrogen-bond donors (Lipinski definition) is 0. The first-order valence-electron chi connectivity index (χ1n) is 7.95. The van der Waals surface area contributed by atoms with Crippen molar-refractivity contribution in [2.75, 3.05) is 45.7 Å². The Labute approximate surface area is 153 Å². The van der Waals surface area contributed by atoms with Gasteiger partial charge in [0.2, 0.25) is 0 Å². The molecule has 0 spiro atoms. The second kappa shape index (κ2) is 8.37. The number of sulfonamides is 1. The molecule has 0 saturated heterocycles. The van der Waals surface area contributed by atoms with Gasteiger partial charge in [-0.25, -0.2) is 12.8 Å². The van der Waals surface area contributed by atoms with Crippen LogP contribution in [0.1, 0.15) is 0 Å². The van der Waals surface area contributed by atoms with Gasteiger partial charge >= 0.3 is 0 Å². The van der Waals surface area contributed by atoms with Gasteiger partial charge in [0.1, 0.15) is 10.7 Å². The molecule has 26 heavy (non-hydrogen) atoms. The van der Waals surface area contributed by atoms with Gasteiger partial charge in [-0.3, -0.25) is 4.31 Å². The van der Waals surface area contributed by atoms with E-state index in [1.165, 1.54) is 18.5 Å². The Morgan fingerprint density at radius 1 is 0.962 bits per heavy atom. The van der Waals surface area contributed by atoms with Crippen molar-refractivity contribution in [1.29, 1.82) is 0 Å². The van der Waals surface area contributed by atoms with Crippen molar-refractivity contribution in [2.24, 2.45) is 0 Å². The molecule has 0 saturated carbocycles. The average molecular weight is 382 g/mol. The Morgan fingerprint density at radius 3 is 2.08 bits per heavy atom. The fourth-order valence-corrected chi connectivity index (χ4v) is 3.95. The lowest BCUT2D eigenvalue weighted by atomic mass is 10.3. The number of benzene rings is 2. The molecule has 2 aromatic rings. The summed E-state index contributed by atoms with van der Waals surface area (Å²) in [6.45, 7) is 0.649. The molecule has 8 heteroatoms. The Morgan fingerprint density at radius 2 is 1.54 bits per heavy atom. The smallest absolute Gasteiger partial charge is 0.267 e. The highest BCUT2D eigenvalue weighted by Crippen LogP contribution is 2.34. The molecule has 142 valence electrons. The van der Waals surface area contributed by atoms with Gasteiger partial charge in [0.25, 0.3) is 10.0 Å². The van der Waals surface area contributed by atoms with Gasteiger partial charge in [0, 0.05) is 25.2 Å². The predicted octanol–water partition coefficient (Wildman–Crippen LogP) is 2.60. The topological polar surface area (TPSA) is 59.1 Å². The molecule has 0 aliphatic heterocycles. The van der Waals surface area contributed by atoms with Gasteiger partial charge in [-0.15, -0.1) is 0 Å². The van der Waals surface area contributed by atoms with E-state index in [2.05, 4.69) is 0 Å². The first-order chi connectivity index (χ1) is 12.3. The molecule has 0 aliphatic rings. The lowest BCUT2D eigenvalue weighted by Gasteiger charge is -2.26. The fraction of sp³-hybridized carbons (Fsp3) is 0.333. The molecule has 2 aromatic carbocycles. The maximum absolute atomic E-state index is 14.6. The number of methoxy groups -OCH3 is 2. The van der Waals surface area contributed by atoms with Crippen LogP contribution in [0.15, 0.2) is 47.4 Å². The van der Waals surface area contributed by atoms with E-state index in [0.29, 0.717) is 12.2 Å². The zero-order valence-electron chi connectivity index (χ0n) is 15.3. The second-order valence-electron chi connectivity index (χ2n) is 5.85. The number of nitrogens with zero attached hydrogens (tertiary/aromatic N) is 2. The number of likely N-dealkylation sites (N-methyl/N-ethyl adjacent to an activating group) is 1. The lowest BCUT2D eigenvalue weighted by Crippen LogP contribution is -2.37. The predicted molar refractivity (Wildman–Crippen MR) is 99.0 cm³/mol. The summed E-state index contributed by atoms with van der Waals surface area (Å²) in [5.74, 6) is -0.620. The van der Waals surface area contributed by atoms with E-state index in [4.69, 9.17) is 9.47 Å². The minimum Gasteiger partial charge on any atom is -0.493 e. The number of anilines is 1. The van der Waals surface area contributed by atoms with Crippen molar-refractivity contribution in [3.05, 3.63) is 48.3 Å². The van der Waals surface area contributed by atoms with Crippen molar-refractivity contribution in [2.45, 2.75) is 4.90 Å².